The van der Waals surface area contributed by atoms with Crippen molar-refractivity contribution in [1.29, 1.82) is 0 Å². The molecule has 1 aliphatic heterocycles. The molecular formula is C18H18N2O3. The van der Waals surface area contributed by atoms with E-state index in [9.17, 15) is 9.90 Å². The lowest BCUT2D eigenvalue weighted by atomic mass is 9.98. The number of aromatic hydroxyl groups is 1. The third-order valence-corrected chi connectivity index (χ3v) is 4.12. The van der Waals surface area contributed by atoms with Gasteiger partial charge in [0, 0.05) is 11.1 Å². The Labute approximate surface area is 134 Å². The second-order valence-corrected chi connectivity index (χ2v) is 5.63. The summed E-state index contributed by atoms with van der Waals surface area (Å²) in [6, 6.07) is 5.70. The van der Waals surface area contributed by atoms with E-state index < -0.39 is 0 Å². The van der Waals surface area contributed by atoms with Crippen LogP contribution in [0.15, 0.2) is 18.2 Å². The van der Waals surface area contributed by atoms with Crippen LogP contribution in [0, 0.1) is 20.8 Å². The number of rotatable bonds is 2. The van der Waals surface area contributed by atoms with Gasteiger partial charge in [0.15, 0.2) is 0 Å². The summed E-state index contributed by atoms with van der Waals surface area (Å²) in [5, 5.41) is 12.9. The molecule has 0 radical (unpaired) electrons. The van der Waals surface area contributed by atoms with Gasteiger partial charge in [-0.3, -0.25) is 4.79 Å². The number of aromatic nitrogens is 1. The zero-order chi connectivity index (χ0) is 16.7. The number of ether oxygens (including phenoxy) is 1. The van der Waals surface area contributed by atoms with Gasteiger partial charge in [0.2, 0.25) is 0 Å². The van der Waals surface area contributed by atoms with E-state index in [2.05, 4.69) is 10.3 Å². The zero-order valence-electron chi connectivity index (χ0n) is 13.5. The monoisotopic (exact) mass is 310 g/mol. The summed E-state index contributed by atoms with van der Waals surface area (Å²) >= 11 is 0. The zero-order valence-corrected chi connectivity index (χ0v) is 13.5. The fraction of sp³-hybridized carbons (Fsp3) is 0.222. The molecule has 0 aliphatic carbocycles. The summed E-state index contributed by atoms with van der Waals surface area (Å²) in [5.74, 6) is 1.12. The van der Waals surface area contributed by atoms with Crippen molar-refractivity contribution in [2.45, 2.75) is 20.8 Å². The minimum atomic E-state index is -0.220. The molecule has 118 valence electrons. The molecule has 2 N–H and O–H groups in total. The second kappa shape index (κ2) is 5.43. The summed E-state index contributed by atoms with van der Waals surface area (Å²) in [5.41, 5.74) is 4.22. The first-order valence-corrected chi connectivity index (χ1v) is 7.30. The molecule has 0 saturated carbocycles. The maximum Gasteiger partial charge on any atom is 0.257 e. The number of pyridine rings is 1. The Morgan fingerprint density at radius 2 is 2.00 bits per heavy atom. The van der Waals surface area contributed by atoms with Gasteiger partial charge in [-0.05, 0) is 50.1 Å². The molecule has 0 spiro atoms. The van der Waals surface area contributed by atoms with Crippen molar-refractivity contribution in [1.82, 2.24) is 4.98 Å². The molecule has 2 aromatic rings. The van der Waals surface area contributed by atoms with Crippen LogP contribution in [0.1, 0.15) is 27.9 Å². The van der Waals surface area contributed by atoms with Crippen molar-refractivity contribution in [3.8, 4) is 11.5 Å². The Hall–Kier alpha value is -2.82. The number of nitrogens with zero attached hydrogens (tertiary/aromatic N) is 1. The molecule has 0 unspecified atom stereocenters. The fourth-order valence-electron chi connectivity index (χ4n) is 2.75. The van der Waals surface area contributed by atoms with Crippen LogP contribution < -0.4 is 10.1 Å². The van der Waals surface area contributed by atoms with Gasteiger partial charge in [-0.2, -0.15) is 0 Å². The number of carbonyl (C=O) groups is 1. The number of fused-ring (bicyclic) bond motifs is 1. The van der Waals surface area contributed by atoms with Gasteiger partial charge in [0.05, 0.1) is 18.4 Å². The lowest BCUT2D eigenvalue weighted by Crippen LogP contribution is -2.04. The predicted molar refractivity (Wildman–Crippen MR) is 89.6 cm³/mol. The average Bonchev–Trinajstić information content (AvgIpc) is 2.83. The Morgan fingerprint density at radius 1 is 1.26 bits per heavy atom. The first-order valence-electron chi connectivity index (χ1n) is 7.30. The molecule has 1 aromatic heterocycles. The van der Waals surface area contributed by atoms with Gasteiger partial charge in [-0.1, -0.05) is 6.07 Å². The quantitative estimate of drug-likeness (QED) is 0.836. The number of hydrogen-bond donors (Lipinski definition) is 2. The molecule has 0 fully saturated rings. The molecule has 0 saturated heterocycles. The molecule has 3 rings (SSSR count). The number of methoxy groups -OCH3 is 1. The molecule has 1 amide bonds. The van der Waals surface area contributed by atoms with E-state index >= 15 is 0 Å². The van der Waals surface area contributed by atoms with E-state index in [0.717, 1.165) is 16.9 Å². The normalized spacial score (nSPS) is 14.8. The molecule has 0 atom stereocenters. The first kappa shape index (κ1) is 15.1. The Kier molecular flexibility index (Phi) is 3.56. The van der Waals surface area contributed by atoms with Gasteiger partial charge in [-0.15, -0.1) is 0 Å². The van der Waals surface area contributed by atoms with Crippen LogP contribution in [0.4, 0.5) is 5.82 Å². The molecule has 1 aromatic carbocycles. The van der Waals surface area contributed by atoms with Crippen LogP contribution in [0.5, 0.6) is 11.5 Å². The number of hydrogen-bond acceptors (Lipinski definition) is 4. The highest BCUT2D eigenvalue weighted by atomic mass is 16.5. The molecular weight excluding hydrogens is 292 g/mol. The van der Waals surface area contributed by atoms with Gasteiger partial charge in [-0.25, -0.2) is 4.98 Å². The van der Waals surface area contributed by atoms with Crippen molar-refractivity contribution in [3.63, 3.8) is 0 Å². The van der Waals surface area contributed by atoms with Gasteiger partial charge in [0.1, 0.15) is 17.3 Å². The SMILES string of the molecule is COc1ccc(C)c(/C=C2\C(=O)Nc3nc(C)c(O)c(C)c32)c1. The van der Waals surface area contributed by atoms with Crippen LogP contribution in [0.2, 0.25) is 0 Å². The summed E-state index contributed by atoms with van der Waals surface area (Å²) in [7, 11) is 1.61. The molecule has 5 nitrogen and oxygen atoms in total. The predicted octanol–water partition coefficient (Wildman–Crippen LogP) is 3.21. The van der Waals surface area contributed by atoms with E-state index in [1.807, 2.05) is 31.2 Å². The van der Waals surface area contributed by atoms with Crippen LogP contribution >= 0.6 is 0 Å². The highest BCUT2D eigenvalue weighted by Crippen LogP contribution is 2.39. The smallest absolute Gasteiger partial charge is 0.257 e. The van der Waals surface area contributed by atoms with Crippen molar-refractivity contribution in [2.75, 3.05) is 12.4 Å². The molecule has 2 heterocycles. The van der Waals surface area contributed by atoms with Crippen molar-refractivity contribution in [2.24, 2.45) is 0 Å². The largest absolute Gasteiger partial charge is 0.506 e. The average molecular weight is 310 g/mol. The van der Waals surface area contributed by atoms with Crippen LogP contribution in [0.25, 0.3) is 11.6 Å². The van der Waals surface area contributed by atoms with Gasteiger partial charge >= 0.3 is 0 Å². The first-order chi connectivity index (χ1) is 10.9. The minimum Gasteiger partial charge on any atom is -0.506 e. The van der Waals surface area contributed by atoms with E-state index in [1.165, 1.54) is 0 Å². The molecule has 5 heteroatoms. The lowest BCUT2D eigenvalue weighted by molar-refractivity contribution is -0.110. The Bertz CT molecular complexity index is 854. The summed E-state index contributed by atoms with van der Waals surface area (Å²) in [6.45, 7) is 5.47. The highest BCUT2D eigenvalue weighted by Gasteiger charge is 2.29. The Balaban J connectivity index is 2.20. The molecule has 0 bridgehead atoms. The summed E-state index contributed by atoms with van der Waals surface area (Å²) in [4.78, 5) is 16.6. The van der Waals surface area contributed by atoms with E-state index in [4.69, 9.17) is 4.74 Å². The lowest BCUT2D eigenvalue weighted by Gasteiger charge is -2.09. The Morgan fingerprint density at radius 3 is 2.70 bits per heavy atom. The topological polar surface area (TPSA) is 71.5 Å². The van der Waals surface area contributed by atoms with Crippen molar-refractivity contribution in [3.05, 3.63) is 46.1 Å². The van der Waals surface area contributed by atoms with Gasteiger partial charge in [0.25, 0.3) is 5.91 Å². The van der Waals surface area contributed by atoms with Crippen molar-refractivity contribution >= 4 is 23.4 Å². The maximum absolute atomic E-state index is 12.3. The van der Waals surface area contributed by atoms with Crippen LogP contribution in [0.3, 0.4) is 0 Å². The fourth-order valence-corrected chi connectivity index (χ4v) is 2.75. The molecule has 1 aliphatic rings. The van der Waals surface area contributed by atoms with Gasteiger partial charge < -0.3 is 15.2 Å². The standard InChI is InChI=1S/C18H18N2O3/c1-9-5-6-13(23-4)7-12(9)8-14-15-10(2)16(21)11(3)19-17(15)20-18(14)22/h5-8,21H,1-4H3,(H,19,20,22)/b14-8-. The number of carbonyl (C=O) groups excluding carboxylic acids is 1. The van der Waals surface area contributed by atoms with Crippen LogP contribution in [-0.4, -0.2) is 23.1 Å². The number of nitrogens with one attached hydrogen (secondary N) is 1. The minimum absolute atomic E-state index is 0.119. The van der Waals surface area contributed by atoms with E-state index in [0.29, 0.717) is 28.2 Å². The maximum atomic E-state index is 12.3. The highest BCUT2D eigenvalue weighted by molar-refractivity contribution is 6.35. The molecule has 23 heavy (non-hydrogen) atoms. The number of benzene rings is 1. The number of anilines is 1. The third kappa shape index (κ3) is 2.44. The number of aryl methyl sites for hydroxylation is 2. The van der Waals surface area contributed by atoms with Crippen LogP contribution in [-0.2, 0) is 4.79 Å². The number of amides is 1. The summed E-state index contributed by atoms with van der Waals surface area (Å²) in [6.07, 6.45) is 1.81. The van der Waals surface area contributed by atoms with E-state index in [1.54, 1.807) is 21.0 Å². The van der Waals surface area contributed by atoms with E-state index in [-0.39, 0.29) is 11.7 Å². The van der Waals surface area contributed by atoms with Crippen molar-refractivity contribution < 1.29 is 14.6 Å². The third-order valence-electron chi connectivity index (χ3n) is 4.12. The summed E-state index contributed by atoms with van der Waals surface area (Å²) < 4.78 is 5.25. The second-order valence-electron chi connectivity index (χ2n) is 5.63.